The van der Waals surface area contributed by atoms with E-state index in [2.05, 4.69) is 15.5 Å². The zero-order valence-electron chi connectivity index (χ0n) is 14.6. The van der Waals surface area contributed by atoms with Gasteiger partial charge in [-0.3, -0.25) is 0 Å². The van der Waals surface area contributed by atoms with Gasteiger partial charge in [-0.05, 0) is 62.9 Å². The number of aryl methyl sites for hydroxylation is 2. The van der Waals surface area contributed by atoms with Crippen LogP contribution in [0.4, 0.5) is 19.0 Å². The molecular weight excluding hydrogens is 347 g/mol. The molecule has 1 saturated carbocycles. The highest BCUT2D eigenvalue weighted by atomic mass is 19.4. The van der Waals surface area contributed by atoms with Crippen molar-refractivity contribution in [3.8, 4) is 17.0 Å². The number of hydrogen-bond acceptors (Lipinski definition) is 5. The molecule has 1 heterocycles. The summed E-state index contributed by atoms with van der Waals surface area (Å²) in [5.41, 5.74) is -0.0235. The van der Waals surface area contributed by atoms with Crippen LogP contribution in [0.25, 0.3) is 11.3 Å². The maximum Gasteiger partial charge on any atom is 0.416 e. The Morgan fingerprint density at radius 2 is 1.77 bits per heavy atom. The van der Waals surface area contributed by atoms with Gasteiger partial charge in [0.2, 0.25) is 0 Å². The van der Waals surface area contributed by atoms with Crippen LogP contribution in [0, 0.1) is 13.8 Å². The molecule has 1 aromatic heterocycles. The second-order valence-electron chi connectivity index (χ2n) is 7.19. The minimum absolute atomic E-state index is 0.102. The number of nitrogens with one attached hydrogen (secondary N) is 1. The molecule has 8 heteroatoms. The standard InChI is InChI=1S/C18H20F3N3O2/c1-9-4-11(18(19,20)21)6-14(25)15(9)13-5-10(2)16(24-23-13)22-12-7-17(3,26)8-12/h4-6,12,25-26H,7-8H2,1-3H3,(H,22,24). The molecule has 2 aromatic rings. The number of aliphatic hydroxyl groups is 1. The Bertz CT molecular complexity index is 819. The van der Waals surface area contributed by atoms with Crippen molar-refractivity contribution in [1.82, 2.24) is 10.2 Å². The molecule has 1 fully saturated rings. The summed E-state index contributed by atoms with van der Waals surface area (Å²) >= 11 is 0. The van der Waals surface area contributed by atoms with Crippen LogP contribution in [-0.2, 0) is 6.18 Å². The van der Waals surface area contributed by atoms with Crippen LogP contribution in [0.1, 0.15) is 36.5 Å². The molecule has 1 aromatic carbocycles. The fourth-order valence-corrected chi connectivity index (χ4v) is 3.31. The van der Waals surface area contributed by atoms with Gasteiger partial charge in [0.05, 0.1) is 16.9 Å². The molecule has 0 spiro atoms. The van der Waals surface area contributed by atoms with Gasteiger partial charge in [0.25, 0.3) is 0 Å². The van der Waals surface area contributed by atoms with Crippen molar-refractivity contribution in [3.05, 3.63) is 34.9 Å². The van der Waals surface area contributed by atoms with Crippen molar-refractivity contribution in [3.63, 3.8) is 0 Å². The van der Waals surface area contributed by atoms with Crippen LogP contribution in [0.5, 0.6) is 5.75 Å². The summed E-state index contributed by atoms with van der Waals surface area (Å²) in [5, 5.41) is 31.2. The number of rotatable bonds is 3. The second kappa shape index (κ2) is 6.12. The van der Waals surface area contributed by atoms with Crippen molar-refractivity contribution < 1.29 is 23.4 Å². The van der Waals surface area contributed by atoms with Gasteiger partial charge in [-0.25, -0.2) is 0 Å². The Morgan fingerprint density at radius 3 is 2.27 bits per heavy atom. The predicted molar refractivity (Wildman–Crippen MR) is 90.9 cm³/mol. The van der Waals surface area contributed by atoms with E-state index in [0.717, 1.165) is 11.6 Å². The van der Waals surface area contributed by atoms with E-state index in [1.807, 2.05) is 0 Å². The van der Waals surface area contributed by atoms with Crippen LogP contribution >= 0.6 is 0 Å². The lowest BCUT2D eigenvalue weighted by atomic mass is 9.77. The molecule has 0 aliphatic heterocycles. The van der Waals surface area contributed by atoms with Crippen molar-refractivity contribution in [2.45, 2.75) is 51.4 Å². The number of aromatic hydroxyl groups is 1. The topological polar surface area (TPSA) is 78.3 Å². The van der Waals surface area contributed by atoms with Gasteiger partial charge in [-0.1, -0.05) is 0 Å². The summed E-state index contributed by atoms with van der Waals surface area (Å²) in [6.45, 7) is 5.06. The Hall–Kier alpha value is -2.35. The van der Waals surface area contributed by atoms with Gasteiger partial charge in [-0.2, -0.15) is 13.2 Å². The molecule has 0 radical (unpaired) electrons. The Balaban J connectivity index is 1.88. The average Bonchev–Trinajstić information content (AvgIpc) is 2.46. The number of alkyl halides is 3. The molecule has 0 atom stereocenters. The van der Waals surface area contributed by atoms with Crippen molar-refractivity contribution in [2.75, 3.05) is 5.32 Å². The number of phenolic OH excluding ortho intramolecular Hbond substituents is 1. The summed E-state index contributed by atoms with van der Waals surface area (Å²) in [4.78, 5) is 0. The minimum Gasteiger partial charge on any atom is -0.507 e. The quantitative estimate of drug-likeness (QED) is 0.769. The van der Waals surface area contributed by atoms with Gasteiger partial charge >= 0.3 is 6.18 Å². The zero-order chi connectivity index (χ0) is 19.3. The monoisotopic (exact) mass is 367 g/mol. The van der Waals surface area contributed by atoms with E-state index in [0.29, 0.717) is 30.4 Å². The first-order chi connectivity index (χ1) is 12.0. The first-order valence-electron chi connectivity index (χ1n) is 8.21. The van der Waals surface area contributed by atoms with Gasteiger partial charge < -0.3 is 15.5 Å². The summed E-state index contributed by atoms with van der Waals surface area (Å²) in [7, 11) is 0. The van der Waals surface area contributed by atoms with Crippen LogP contribution in [0.2, 0.25) is 0 Å². The molecule has 3 N–H and O–H groups in total. The van der Waals surface area contributed by atoms with Gasteiger partial charge in [0, 0.05) is 11.6 Å². The largest absolute Gasteiger partial charge is 0.507 e. The molecule has 1 aliphatic rings. The SMILES string of the molecule is Cc1cc(-c2c(C)cc(C(F)(F)F)cc2O)nnc1NC1CC(C)(O)C1. The first-order valence-corrected chi connectivity index (χ1v) is 8.21. The summed E-state index contributed by atoms with van der Waals surface area (Å²) in [6.07, 6.45) is -3.32. The molecule has 140 valence electrons. The fraction of sp³-hybridized carbons (Fsp3) is 0.444. The van der Waals surface area contributed by atoms with Crippen LogP contribution in [0.3, 0.4) is 0 Å². The number of halogens is 3. The van der Waals surface area contributed by atoms with E-state index in [4.69, 9.17) is 0 Å². The zero-order valence-corrected chi connectivity index (χ0v) is 14.6. The number of benzene rings is 1. The third-order valence-corrected chi connectivity index (χ3v) is 4.60. The summed E-state index contributed by atoms with van der Waals surface area (Å²) < 4.78 is 38.5. The van der Waals surface area contributed by atoms with E-state index in [-0.39, 0.29) is 17.2 Å². The van der Waals surface area contributed by atoms with Crippen LogP contribution in [0.15, 0.2) is 18.2 Å². The molecular formula is C18H20F3N3O2. The lowest BCUT2D eigenvalue weighted by Crippen LogP contribution is -2.48. The van der Waals surface area contributed by atoms with Crippen molar-refractivity contribution in [1.29, 1.82) is 0 Å². The van der Waals surface area contributed by atoms with E-state index >= 15 is 0 Å². The molecule has 0 saturated heterocycles. The van der Waals surface area contributed by atoms with Crippen LogP contribution < -0.4 is 5.32 Å². The van der Waals surface area contributed by atoms with E-state index < -0.39 is 23.1 Å². The molecule has 26 heavy (non-hydrogen) atoms. The molecule has 0 bridgehead atoms. The second-order valence-corrected chi connectivity index (χ2v) is 7.19. The maximum atomic E-state index is 12.8. The number of nitrogens with zero attached hydrogens (tertiary/aromatic N) is 2. The van der Waals surface area contributed by atoms with E-state index in [9.17, 15) is 23.4 Å². The maximum absolute atomic E-state index is 12.8. The van der Waals surface area contributed by atoms with Gasteiger partial charge in [0.1, 0.15) is 5.75 Å². The lowest BCUT2D eigenvalue weighted by molar-refractivity contribution is -0.137. The van der Waals surface area contributed by atoms with Gasteiger partial charge in [0.15, 0.2) is 5.82 Å². The highest BCUT2D eigenvalue weighted by molar-refractivity contribution is 5.72. The Labute approximate surface area is 148 Å². The van der Waals surface area contributed by atoms with Crippen LogP contribution in [-0.4, -0.2) is 32.1 Å². The van der Waals surface area contributed by atoms with E-state index in [1.165, 1.54) is 6.92 Å². The van der Waals surface area contributed by atoms with E-state index in [1.54, 1.807) is 19.9 Å². The smallest absolute Gasteiger partial charge is 0.416 e. The number of aromatic nitrogens is 2. The molecule has 0 unspecified atom stereocenters. The number of anilines is 1. The number of phenols is 1. The highest BCUT2D eigenvalue weighted by Crippen LogP contribution is 2.39. The molecule has 0 amide bonds. The van der Waals surface area contributed by atoms with Crippen molar-refractivity contribution >= 4 is 5.82 Å². The third kappa shape index (κ3) is 3.60. The summed E-state index contributed by atoms with van der Waals surface area (Å²) in [5.74, 6) is 0.0695. The third-order valence-electron chi connectivity index (χ3n) is 4.60. The fourth-order valence-electron chi connectivity index (χ4n) is 3.31. The Kier molecular flexibility index (Phi) is 4.34. The minimum atomic E-state index is -4.53. The summed E-state index contributed by atoms with van der Waals surface area (Å²) in [6, 6.07) is 3.45. The average molecular weight is 367 g/mol. The molecule has 5 nitrogen and oxygen atoms in total. The Morgan fingerprint density at radius 1 is 1.12 bits per heavy atom. The van der Waals surface area contributed by atoms with Crippen molar-refractivity contribution in [2.24, 2.45) is 0 Å². The van der Waals surface area contributed by atoms with Gasteiger partial charge in [-0.15, -0.1) is 10.2 Å². The normalized spacial score (nSPS) is 22.8. The highest BCUT2D eigenvalue weighted by Gasteiger charge is 2.38. The predicted octanol–water partition coefficient (Wildman–Crippen LogP) is 3.81. The lowest BCUT2D eigenvalue weighted by Gasteiger charge is -2.41. The molecule has 3 rings (SSSR count). The first kappa shape index (κ1) is 18.4. The number of hydrogen-bond donors (Lipinski definition) is 3. The molecule has 1 aliphatic carbocycles.